The zero-order valence-electron chi connectivity index (χ0n) is 15.5. The van der Waals surface area contributed by atoms with Crippen LogP contribution in [-0.4, -0.2) is 17.3 Å². The second-order valence-electron chi connectivity index (χ2n) is 7.72. The number of hydrogen-bond donors (Lipinski definition) is 2. The average Bonchev–Trinajstić information content (AvgIpc) is 2.57. The van der Waals surface area contributed by atoms with E-state index < -0.39 is 5.54 Å². The van der Waals surface area contributed by atoms with Gasteiger partial charge in [0.15, 0.2) is 0 Å². The normalized spacial score (nSPS) is 19.2. The maximum atomic E-state index is 9.49. The second-order valence-corrected chi connectivity index (χ2v) is 7.72. The molecule has 1 aliphatic rings. The van der Waals surface area contributed by atoms with Gasteiger partial charge in [0.2, 0.25) is 0 Å². The fraction of sp³-hybridized carbons (Fsp3) is 0.714. The van der Waals surface area contributed by atoms with Crippen LogP contribution in [0, 0.1) is 5.92 Å². The van der Waals surface area contributed by atoms with E-state index in [1.165, 1.54) is 61.6 Å². The smallest absolute Gasteiger partial charge is 0.0611 e. The lowest BCUT2D eigenvalue weighted by Crippen LogP contribution is -2.49. The van der Waals surface area contributed by atoms with Crippen molar-refractivity contribution in [2.75, 3.05) is 6.61 Å². The maximum Gasteiger partial charge on any atom is 0.0611 e. The standard InChI is InChI=1S/C21H35NO.ClH/c1-3-4-5-6-7-8-9-17-10-11-19-15-20(21(2,22)16-23)13-12-18(19)14-17;/h10-11,14,20,23H,3-9,12-13,15-16,22H2,1-2H3;1H/t20-,21-;/m0./s1. The quantitative estimate of drug-likeness (QED) is 0.625. The number of hydrogen-bond acceptors (Lipinski definition) is 2. The first-order valence-electron chi connectivity index (χ1n) is 9.57. The van der Waals surface area contributed by atoms with E-state index in [4.69, 9.17) is 5.73 Å². The summed E-state index contributed by atoms with van der Waals surface area (Å²) in [7, 11) is 0. The molecule has 0 fully saturated rings. The Morgan fingerprint density at radius 3 is 2.54 bits per heavy atom. The molecule has 0 saturated heterocycles. The Bertz CT molecular complexity index is 487. The van der Waals surface area contributed by atoms with Crippen molar-refractivity contribution in [1.82, 2.24) is 0 Å². The molecule has 0 aromatic heterocycles. The molecule has 1 aromatic carbocycles. The molecule has 3 N–H and O–H groups in total. The van der Waals surface area contributed by atoms with Crippen LogP contribution in [0.1, 0.15) is 75.5 Å². The van der Waals surface area contributed by atoms with Gasteiger partial charge in [-0.15, -0.1) is 12.4 Å². The molecule has 3 heteroatoms. The van der Waals surface area contributed by atoms with Crippen molar-refractivity contribution >= 4 is 12.4 Å². The third kappa shape index (κ3) is 6.06. The molecular formula is C21H36ClNO. The van der Waals surface area contributed by atoms with Crippen LogP contribution in [0.3, 0.4) is 0 Å². The third-order valence-corrected chi connectivity index (χ3v) is 5.59. The lowest BCUT2D eigenvalue weighted by atomic mass is 9.74. The van der Waals surface area contributed by atoms with Gasteiger partial charge in [-0.3, -0.25) is 0 Å². The number of nitrogens with two attached hydrogens (primary N) is 1. The Morgan fingerprint density at radius 2 is 1.83 bits per heavy atom. The molecule has 0 aliphatic heterocycles. The number of halogens is 1. The summed E-state index contributed by atoms with van der Waals surface area (Å²) in [6.07, 6.45) is 12.6. The molecule has 0 amide bonds. The predicted octanol–water partition coefficient (Wildman–Crippen LogP) is 4.83. The molecular weight excluding hydrogens is 318 g/mol. The van der Waals surface area contributed by atoms with Gasteiger partial charge in [0.05, 0.1) is 6.61 Å². The molecule has 0 radical (unpaired) electrons. The van der Waals surface area contributed by atoms with Gasteiger partial charge in [0, 0.05) is 5.54 Å². The minimum absolute atomic E-state index is 0. The van der Waals surface area contributed by atoms with Gasteiger partial charge in [-0.05, 0) is 61.6 Å². The molecule has 0 bridgehead atoms. The van der Waals surface area contributed by atoms with Gasteiger partial charge in [0.25, 0.3) is 0 Å². The highest BCUT2D eigenvalue weighted by Gasteiger charge is 2.32. The fourth-order valence-corrected chi connectivity index (χ4v) is 3.77. The van der Waals surface area contributed by atoms with E-state index in [9.17, 15) is 5.11 Å². The lowest BCUT2D eigenvalue weighted by molar-refractivity contribution is 0.144. The SMILES string of the molecule is CCCCCCCCc1ccc2c(c1)CC[C@H]([C@@](C)(N)CO)C2.Cl. The first-order valence-corrected chi connectivity index (χ1v) is 9.57. The van der Waals surface area contributed by atoms with Crippen molar-refractivity contribution in [3.05, 3.63) is 34.9 Å². The van der Waals surface area contributed by atoms with Crippen molar-refractivity contribution < 1.29 is 5.11 Å². The van der Waals surface area contributed by atoms with Crippen molar-refractivity contribution in [3.63, 3.8) is 0 Å². The predicted molar refractivity (Wildman–Crippen MR) is 106 cm³/mol. The van der Waals surface area contributed by atoms with Crippen molar-refractivity contribution in [2.24, 2.45) is 11.7 Å². The van der Waals surface area contributed by atoms with Crippen LogP contribution in [0.2, 0.25) is 0 Å². The molecule has 0 heterocycles. The van der Waals surface area contributed by atoms with Crippen LogP contribution in [0.15, 0.2) is 18.2 Å². The van der Waals surface area contributed by atoms with Crippen LogP contribution >= 0.6 is 12.4 Å². The van der Waals surface area contributed by atoms with Crippen molar-refractivity contribution in [2.45, 2.75) is 83.6 Å². The maximum absolute atomic E-state index is 9.49. The monoisotopic (exact) mass is 353 g/mol. The van der Waals surface area contributed by atoms with Crippen LogP contribution < -0.4 is 5.73 Å². The molecule has 1 aliphatic carbocycles. The first-order chi connectivity index (χ1) is 11.1. The summed E-state index contributed by atoms with van der Waals surface area (Å²) in [6, 6.07) is 7.03. The van der Waals surface area contributed by atoms with E-state index in [0.717, 1.165) is 19.3 Å². The molecule has 0 unspecified atom stereocenters. The van der Waals surface area contributed by atoms with E-state index in [2.05, 4.69) is 25.1 Å². The highest BCUT2D eigenvalue weighted by Crippen LogP contribution is 2.32. The highest BCUT2D eigenvalue weighted by molar-refractivity contribution is 5.85. The van der Waals surface area contributed by atoms with Gasteiger partial charge >= 0.3 is 0 Å². The third-order valence-electron chi connectivity index (χ3n) is 5.59. The first kappa shape index (κ1) is 21.5. The molecule has 2 atom stereocenters. The number of rotatable bonds is 9. The number of benzene rings is 1. The number of aliphatic hydroxyl groups is 1. The zero-order valence-corrected chi connectivity index (χ0v) is 16.3. The molecule has 24 heavy (non-hydrogen) atoms. The Kier molecular flexibility index (Phi) is 9.33. The molecule has 1 aromatic rings. The summed E-state index contributed by atoms with van der Waals surface area (Å²) in [5, 5.41) is 9.49. The van der Waals surface area contributed by atoms with E-state index in [-0.39, 0.29) is 19.0 Å². The fourth-order valence-electron chi connectivity index (χ4n) is 3.77. The van der Waals surface area contributed by atoms with E-state index in [0.29, 0.717) is 5.92 Å². The molecule has 0 saturated carbocycles. The minimum Gasteiger partial charge on any atom is -0.394 e. The second kappa shape index (κ2) is 10.4. The summed E-state index contributed by atoms with van der Waals surface area (Å²) >= 11 is 0. The highest BCUT2D eigenvalue weighted by atomic mass is 35.5. The number of aliphatic hydroxyl groups excluding tert-OH is 1. The van der Waals surface area contributed by atoms with Gasteiger partial charge in [-0.1, -0.05) is 57.2 Å². The van der Waals surface area contributed by atoms with Crippen LogP contribution in [0.4, 0.5) is 0 Å². The summed E-state index contributed by atoms with van der Waals surface area (Å²) in [4.78, 5) is 0. The van der Waals surface area contributed by atoms with Gasteiger partial charge in [-0.25, -0.2) is 0 Å². The number of fused-ring (bicyclic) bond motifs is 1. The Balaban J connectivity index is 0.00000288. The van der Waals surface area contributed by atoms with Crippen LogP contribution in [0.5, 0.6) is 0 Å². The molecule has 2 rings (SSSR count). The Morgan fingerprint density at radius 1 is 1.12 bits per heavy atom. The van der Waals surface area contributed by atoms with E-state index in [1.807, 2.05) is 6.92 Å². The number of aryl methyl sites for hydroxylation is 2. The van der Waals surface area contributed by atoms with Gasteiger partial charge in [0.1, 0.15) is 0 Å². The minimum atomic E-state index is -0.450. The van der Waals surface area contributed by atoms with Gasteiger partial charge in [-0.2, -0.15) is 0 Å². The summed E-state index contributed by atoms with van der Waals surface area (Å²) in [5.74, 6) is 0.393. The van der Waals surface area contributed by atoms with Crippen molar-refractivity contribution in [3.8, 4) is 0 Å². The average molecular weight is 354 g/mol. The van der Waals surface area contributed by atoms with Crippen molar-refractivity contribution in [1.29, 1.82) is 0 Å². The Hall–Kier alpha value is -0.570. The van der Waals surface area contributed by atoms with E-state index in [1.54, 1.807) is 0 Å². The molecule has 2 nitrogen and oxygen atoms in total. The largest absolute Gasteiger partial charge is 0.394 e. The Labute approximate surface area is 154 Å². The van der Waals surface area contributed by atoms with Crippen LogP contribution in [0.25, 0.3) is 0 Å². The zero-order chi connectivity index (χ0) is 16.7. The van der Waals surface area contributed by atoms with Crippen LogP contribution in [-0.2, 0) is 19.3 Å². The summed E-state index contributed by atoms with van der Waals surface area (Å²) in [5.41, 5.74) is 10.2. The molecule has 138 valence electrons. The van der Waals surface area contributed by atoms with Gasteiger partial charge < -0.3 is 10.8 Å². The summed E-state index contributed by atoms with van der Waals surface area (Å²) < 4.78 is 0. The lowest BCUT2D eigenvalue weighted by Gasteiger charge is -2.36. The van der Waals surface area contributed by atoms with E-state index >= 15 is 0 Å². The number of unbranched alkanes of at least 4 members (excludes halogenated alkanes) is 5. The molecule has 0 spiro atoms. The topological polar surface area (TPSA) is 46.2 Å². The summed E-state index contributed by atoms with van der Waals surface area (Å²) in [6.45, 7) is 4.32.